The normalized spacial score (nSPS) is 10.2. The van der Waals surface area contributed by atoms with Gasteiger partial charge in [0, 0.05) is 29.3 Å². The highest BCUT2D eigenvalue weighted by molar-refractivity contribution is 9.10. The van der Waals surface area contributed by atoms with E-state index in [1.807, 2.05) is 0 Å². The van der Waals surface area contributed by atoms with E-state index in [1.165, 1.54) is 6.07 Å². The van der Waals surface area contributed by atoms with Crippen LogP contribution in [0.15, 0.2) is 41.0 Å². The molecule has 0 aliphatic carbocycles. The molecule has 110 valence electrons. The van der Waals surface area contributed by atoms with Crippen LogP contribution >= 0.6 is 15.9 Å². The van der Waals surface area contributed by atoms with Gasteiger partial charge in [0.15, 0.2) is 0 Å². The maximum Gasteiger partial charge on any atom is 0.312 e. The van der Waals surface area contributed by atoms with E-state index in [-0.39, 0.29) is 11.4 Å². The smallest absolute Gasteiger partial charge is 0.312 e. The van der Waals surface area contributed by atoms with Gasteiger partial charge in [-0.05, 0) is 24.6 Å². The fourth-order valence-electron chi connectivity index (χ4n) is 1.67. The first-order valence-corrected chi connectivity index (χ1v) is 7.21. The van der Waals surface area contributed by atoms with Crippen LogP contribution in [0.2, 0.25) is 0 Å². The summed E-state index contributed by atoms with van der Waals surface area (Å²) in [7, 11) is 0. The monoisotopic (exact) mass is 351 g/mol. The topological polar surface area (TPSA) is 77.3 Å². The second-order valence-corrected chi connectivity index (χ2v) is 5.19. The molecule has 21 heavy (non-hydrogen) atoms. The van der Waals surface area contributed by atoms with Crippen molar-refractivity contribution in [2.75, 3.05) is 11.9 Å². The van der Waals surface area contributed by atoms with E-state index in [9.17, 15) is 10.1 Å². The Kier molecular flexibility index (Phi) is 5.10. The van der Waals surface area contributed by atoms with Gasteiger partial charge in [-0.25, -0.2) is 4.98 Å². The number of hydrogen-bond donors (Lipinski definition) is 1. The Morgan fingerprint density at radius 3 is 2.90 bits per heavy atom. The van der Waals surface area contributed by atoms with Crippen LogP contribution in [0.4, 0.5) is 11.5 Å². The van der Waals surface area contributed by atoms with Crippen LogP contribution in [0.25, 0.3) is 0 Å². The summed E-state index contributed by atoms with van der Waals surface area (Å²) < 4.78 is 6.23. The number of aromatic nitrogens is 1. The van der Waals surface area contributed by atoms with Crippen LogP contribution in [0, 0.1) is 10.1 Å². The summed E-state index contributed by atoms with van der Waals surface area (Å²) in [6.07, 6.45) is 2.57. The molecule has 0 bridgehead atoms. The van der Waals surface area contributed by atoms with Gasteiger partial charge in [0.25, 0.3) is 0 Å². The van der Waals surface area contributed by atoms with Gasteiger partial charge in [0.1, 0.15) is 11.6 Å². The number of nitrogens with one attached hydrogen (secondary N) is 1. The number of halogens is 1. The largest absolute Gasteiger partial charge is 0.450 e. The first-order chi connectivity index (χ1) is 10.1. The highest BCUT2D eigenvalue weighted by atomic mass is 79.9. The number of hydrogen-bond acceptors (Lipinski definition) is 5. The van der Waals surface area contributed by atoms with Crippen LogP contribution < -0.4 is 10.1 Å². The van der Waals surface area contributed by atoms with E-state index in [0.717, 1.165) is 13.0 Å². The molecule has 0 fully saturated rings. The summed E-state index contributed by atoms with van der Waals surface area (Å²) in [6.45, 7) is 2.85. The average Bonchev–Trinajstić information content (AvgIpc) is 2.47. The minimum atomic E-state index is -0.475. The summed E-state index contributed by atoms with van der Waals surface area (Å²) in [5, 5.41) is 14.2. The third-order valence-corrected chi connectivity index (χ3v) is 3.13. The molecule has 2 rings (SSSR count). The molecule has 1 N–H and O–H groups in total. The second-order valence-electron chi connectivity index (χ2n) is 4.27. The maximum absolute atomic E-state index is 11.1. The number of nitrogens with zero attached hydrogens (tertiary/aromatic N) is 2. The van der Waals surface area contributed by atoms with Gasteiger partial charge < -0.3 is 10.1 Å². The van der Waals surface area contributed by atoms with Crippen molar-refractivity contribution in [3.63, 3.8) is 0 Å². The van der Waals surface area contributed by atoms with Crippen molar-refractivity contribution in [3.8, 4) is 11.5 Å². The summed E-state index contributed by atoms with van der Waals surface area (Å²) in [4.78, 5) is 14.7. The maximum atomic E-state index is 11.1. The molecule has 2 aromatic rings. The van der Waals surface area contributed by atoms with E-state index >= 15 is 0 Å². The molecule has 0 saturated heterocycles. The van der Waals surface area contributed by atoms with Crippen LogP contribution in [0.3, 0.4) is 0 Å². The molecule has 0 atom stereocenters. The average molecular weight is 352 g/mol. The number of rotatable bonds is 6. The molecule has 0 spiro atoms. The number of benzene rings is 1. The quantitative estimate of drug-likeness (QED) is 0.617. The van der Waals surface area contributed by atoms with Crippen molar-refractivity contribution in [2.45, 2.75) is 13.3 Å². The number of nitro groups is 1. The Balaban J connectivity index is 2.24. The zero-order valence-corrected chi connectivity index (χ0v) is 13.0. The fraction of sp³-hybridized carbons (Fsp3) is 0.214. The van der Waals surface area contributed by atoms with Crippen molar-refractivity contribution in [3.05, 3.63) is 51.1 Å². The third-order valence-electron chi connectivity index (χ3n) is 2.63. The molecule has 0 radical (unpaired) electrons. The number of nitro benzene ring substituents is 1. The molecular weight excluding hydrogens is 338 g/mol. The minimum Gasteiger partial charge on any atom is -0.450 e. The number of pyridine rings is 1. The second kappa shape index (κ2) is 7.03. The molecule has 0 aliphatic heterocycles. The molecule has 0 amide bonds. The Bertz CT molecular complexity index is 649. The van der Waals surface area contributed by atoms with Gasteiger partial charge in [0.2, 0.25) is 5.75 Å². The predicted octanol–water partition coefficient (Wildman–Crippen LogP) is 4.37. The molecule has 6 nitrogen and oxygen atoms in total. The van der Waals surface area contributed by atoms with Crippen LogP contribution in [-0.2, 0) is 0 Å². The molecular formula is C14H14BrN3O3. The highest BCUT2D eigenvalue weighted by Gasteiger charge is 2.16. The van der Waals surface area contributed by atoms with Gasteiger partial charge in [-0.15, -0.1) is 0 Å². The lowest BCUT2D eigenvalue weighted by molar-refractivity contribution is -0.385. The number of anilines is 1. The van der Waals surface area contributed by atoms with E-state index in [0.29, 0.717) is 16.0 Å². The molecule has 0 aliphatic rings. The lowest BCUT2D eigenvalue weighted by Gasteiger charge is -2.08. The van der Waals surface area contributed by atoms with E-state index in [4.69, 9.17) is 4.74 Å². The van der Waals surface area contributed by atoms with Crippen molar-refractivity contribution < 1.29 is 9.66 Å². The van der Waals surface area contributed by atoms with Crippen LogP contribution in [0.5, 0.6) is 11.5 Å². The van der Waals surface area contributed by atoms with Gasteiger partial charge in [-0.1, -0.05) is 22.9 Å². The zero-order chi connectivity index (χ0) is 15.2. The first kappa shape index (κ1) is 15.2. The van der Waals surface area contributed by atoms with Gasteiger partial charge in [-0.3, -0.25) is 10.1 Å². The minimum absolute atomic E-state index is 0.0933. The standard InChI is InChI=1S/C14H14BrN3O3/c1-2-6-16-14-9-11(5-7-17-14)21-13-4-3-10(15)8-12(13)18(19)20/h3-5,7-9H,2,6H2,1H3,(H,16,17). The summed E-state index contributed by atoms with van der Waals surface area (Å²) >= 11 is 3.21. The third kappa shape index (κ3) is 4.16. The Morgan fingerprint density at radius 2 is 2.19 bits per heavy atom. The lowest BCUT2D eigenvalue weighted by Crippen LogP contribution is -2.01. The Morgan fingerprint density at radius 1 is 1.38 bits per heavy atom. The van der Waals surface area contributed by atoms with Crippen molar-refractivity contribution >= 4 is 27.4 Å². The molecule has 1 heterocycles. The van der Waals surface area contributed by atoms with E-state index < -0.39 is 4.92 Å². The molecule has 1 aromatic carbocycles. The van der Waals surface area contributed by atoms with E-state index in [1.54, 1.807) is 30.5 Å². The molecule has 0 saturated carbocycles. The predicted molar refractivity (Wildman–Crippen MR) is 83.9 cm³/mol. The molecule has 7 heteroatoms. The summed E-state index contributed by atoms with van der Waals surface area (Å²) in [5.41, 5.74) is -0.0933. The first-order valence-electron chi connectivity index (χ1n) is 6.42. The van der Waals surface area contributed by atoms with Crippen LogP contribution in [-0.4, -0.2) is 16.5 Å². The van der Waals surface area contributed by atoms with Gasteiger partial charge in [-0.2, -0.15) is 0 Å². The van der Waals surface area contributed by atoms with Crippen LogP contribution in [0.1, 0.15) is 13.3 Å². The molecule has 1 aromatic heterocycles. The Hall–Kier alpha value is -2.15. The van der Waals surface area contributed by atoms with Crippen molar-refractivity contribution in [1.82, 2.24) is 4.98 Å². The highest BCUT2D eigenvalue weighted by Crippen LogP contribution is 2.33. The van der Waals surface area contributed by atoms with Crippen molar-refractivity contribution in [2.24, 2.45) is 0 Å². The summed E-state index contributed by atoms with van der Waals surface area (Å²) in [6, 6.07) is 8.03. The zero-order valence-electron chi connectivity index (χ0n) is 11.4. The van der Waals surface area contributed by atoms with Crippen molar-refractivity contribution in [1.29, 1.82) is 0 Å². The summed E-state index contributed by atoms with van der Waals surface area (Å²) in [5.74, 6) is 1.36. The number of ether oxygens (including phenoxy) is 1. The van der Waals surface area contributed by atoms with E-state index in [2.05, 4.69) is 33.2 Å². The SMILES string of the molecule is CCCNc1cc(Oc2ccc(Br)cc2[N+](=O)[O-])ccn1. The fourth-order valence-corrected chi connectivity index (χ4v) is 2.02. The Labute approximate surface area is 130 Å². The lowest BCUT2D eigenvalue weighted by atomic mass is 10.3. The van der Waals surface area contributed by atoms with Gasteiger partial charge >= 0.3 is 5.69 Å². The molecule has 0 unspecified atom stereocenters. The van der Waals surface area contributed by atoms with Gasteiger partial charge in [0.05, 0.1) is 4.92 Å².